The molecule has 0 aliphatic heterocycles. The van der Waals surface area contributed by atoms with Gasteiger partial charge < -0.3 is 28.4 Å². The van der Waals surface area contributed by atoms with E-state index in [1.54, 1.807) is 64.7 Å². The van der Waals surface area contributed by atoms with Crippen molar-refractivity contribution < 1.29 is 33.2 Å². The highest BCUT2D eigenvalue weighted by Gasteiger charge is 2.16. The van der Waals surface area contributed by atoms with Crippen molar-refractivity contribution >= 4 is 23.0 Å². The number of ether oxygens (including phenoxy) is 6. The van der Waals surface area contributed by atoms with Crippen molar-refractivity contribution in [3.8, 4) is 34.5 Å². The summed E-state index contributed by atoms with van der Waals surface area (Å²) in [6.07, 6.45) is 0. The van der Waals surface area contributed by atoms with E-state index in [0.29, 0.717) is 62.7 Å². The molecule has 3 rings (SSSR count). The fourth-order valence-electron chi connectivity index (χ4n) is 3.75. The van der Waals surface area contributed by atoms with E-state index in [4.69, 9.17) is 28.4 Å². The number of anilines is 1. The van der Waals surface area contributed by atoms with Crippen molar-refractivity contribution in [1.29, 1.82) is 0 Å². The van der Waals surface area contributed by atoms with Crippen molar-refractivity contribution in [2.24, 2.45) is 10.2 Å². The number of nitrogens with one attached hydrogen (secondary N) is 2. The van der Waals surface area contributed by atoms with Gasteiger partial charge in [0.05, 0.1) is 59.8 Å². The van der Waals surface area contributed by atoms with Gasteiger partial charge in [0.2, 0.25) is 11.5 Å². The Balaban J connectivity index is 1.70. The first kappa shape index (κ1) is 29.6. The van der Waals surface area contributed by atoms with Gasteiger partial charge in [-0.1, -0.05) is 0 Å². The molecule has 0 aromatic heterocycles. The molecule has 0 radical (unpaired) electrons. The number of hydrogen-bond donors (Lipinski definition) is 2. The van der Waals surface area contributed by atoms with E-state index >= 15 is 0 Å². The fraction of sp³-hybridized carbons (Fsp3) is 0.276. The van der Waals surface area contributed by atoms with E-state index in [1.165, 1.54) is 21.3 Å². The molecular formula is C29H34N4O7. The second-order valence-corrected chi connectivity index (χ2v) is 8.35. The largest absolute Gasteiger partial charge is 0.493 e. The summed E-state index contributed by atoms with van der Waals surface area (Å²) >= 11 is 0. The molecule has 0 saturated carbocycles. The van der Waals surface area contributed by atoms with E-state index in [2.05, 4.69) is 21.1 Å². The molecule has 0 aliphatic carbocycles. The number of methoxy groups -OCH3 is 6. The molecule has 0 aliphatic rings. The number of benzene rings is 3. The Kier molecular flexibility index (Phi) is 10.2. The number of rotatable bonds is 12. The predicted octanol–water partition coefficient (Wildman–Crippen LogP) is 4.73. The highest BCUT2D eigenvalue weighted by Crippen LogP contribution is 2.39. The zero-order valence-corrected chi connectivity index (χ0v) is 23.9. The number of hydrogen-bond acceptors (Lipinski definition) is 10. The Labute approximate surface area is 233 Å². The normalized spacial score (nSPS) is 11.4. The third-order valence-corrected chi connectivity index (χ3v) is 5.99. The van der Waals surface area contributed by atoms with Crippen LogP contribution in [-0.4, -0.2) is 60.0 Å². The Hall–Kier alpha value is -4.93. The SMILES string of the molecule is COc1cc(/C(C)=N\NC(=O)c2ccc(N/N=C(/C)c3cc(OC)c(OC)c(OC)c3)cc2)cc(OC)c1OC. The molecule has 0 spiro atoms. The molecule has 212 valence electrons. The number of nitrogens with zero attached hydrogens (tertiary/aromatic N) is 2. The Morgan fingerprint density at radius 3 is 1.35 bits per heavy atom. The summed E-state index contributed by atoms with van der Waals surface area (Å²) in [5, 5.41) is 8.67. The maximum atomic E-state index is 12.7. The molecule has 0 bridgehead atoms. The monoisotopic (exact) mass is 550 g/mol. The molecule has 3 aromatic rings. The summed E-state index contributed by atoms with van der Waals surface area (Å²) in [6, 6.07) is 14.0. The fourth-order valence-corrected chi connectivity index (χ4v) is 3.75. The predicted molar refractivity (Wildman–Crippen MR) is 154 cm³/mol. The van der Waals surface area contributed by atoms with Gasteiger partial charge in [0, 0.05) is 16.7 Å². The lowest BCUT2D eigenvalue weighted by molar-refractivity contribution is 0.0955. The average Bonchev–Trinajstić information content (AvgIpc) is 3.00. The topological polar surface area (TPSA) is 121 Å². The van der Waals surface area contributed by atoms with Gasteiger partial charge in [-0.2, -0.15) is 10.2 Å². The van der Waals surface area contributed by atoms with Crippen LogP contribution in [0.25, 0.3) is 0 Å². The van der Waals surface area contributed by atoms with Gasteiger partial charge >= 0.3 is 0 Å². The summed E-state index contributed by atoms with van der Waals surface area (Å²) in [5.41, 5.74) is 9.44. The summed E-state index contributed by atoms with van der Waals surface area (Å²) in [7, 11) is 9.27. The molecule has 1 amide bonds. The van der Waals surface area contributed by atoms with Crippen molar-refractivity contribution in [2.45, 2.75) is 13.8 Å². The van der Waals surface area contributed by atoms with Crippen LogP contribution in [0.5, 0.6) is 34.5 Å². The molecule has 40 heavy (non-hydrogen) atoms. The first-order valence-corrected chi connectivity index (χ1v) is 12.2. The van der Waals surface area contributed by atoms with Crippen LogP contribution in [0.2, 0.25) is 0 Å². The minimum absolute atomic E-state index is 0.365. The zero-order chi connectivity index (χ0) is 29.2. The zero-order valence-electron chi connectivity index (χ0n) is 23.9. The van der Waals surface area contributed by atoms with Crippen LogP contribution in [0, 0.1) is 0 Å². The van der Waals surface area contributed by atoms with Gasteiger partial charge in [-0.15, -0.1) is 0 Å². The first-order chi connectivity index (χ1) is 19.3. The highest BCUT2D eigenvalue weighted by atomic mass is 16.5. The van der Waals surface area contributed by atoms with Crippen LogP contribution >= 0.6 is 0 Å². The number of hydrazone groups is 2. The minimum atomic E-state index is -0.365. The molecule has 0 fully saturated rings. The minimum Gasteiger partial charge on any atom is -0.493 e. The van der Waals surface area contributed by atoms with E-state index in [9.17, 15) is 4.79 Å². The highest BCUT2D eigenvalue weighted by molar-refractivity contribution is 6.02. The second-order valence-electron chi connectivity index (χ2n) is 8.35. The molecule has 11 nitrogen and oxygen atoms in total. The number of amides is 1. The van der Waals surface area contributed by atoms with Crippen LogP contribution < -0.4 is 39.3 Å². The van der Waals surface area contributed by atoms with Crippen molar-refractivity contribution in [3.63, 3.8) is 0 Å². The molecular weight excluding hydrogens is 516 g/mol. The van der Waals surface area contributed by atoms with Crippen LogP contribution in [0.4, 0.5) is 5.69 Å². The Morgan fingerprint density at radius 2 is 0.975 bits per heavy atom. The van der Waals surface area contributed by atoms with Gasteiger partial charge in [-0.25, -0.2) is 5.43 Å². The van der Waals surface area contributed by atoms with Crippen molar-refractivity contribution in [1.82, 2.24) is 5.43 Å². The average molecular weight is 551 g/mol. The van der Waals surface area contributed by atoms with Crippen LogP contribution in [0.1, 0.15) is 35.3 Å². The second kappa shape index (κ2) is 13.7. The maximum absolute atomic E-state index is 12.7. The third kappa shape index (κ3) is 6.73. The van der Waals surface area contributed by atoms with Crippen LogP contribution in [-0.2, 0) is 0 Å². The third-order valence-electron chi connectivity index (χ3n) is 5.99. The standard InChI is InChI=1S/C29H34N4O7/c1-17(20-13-23(35-3)27(39-7)24(14-20)36-4)30-32-22-11-9-19(10-12-22)29(34)33-31-18(2)21-15-25(37-5)28(40-8)26(16-21)38-6/h9-16,32H,1-8H3,(H,33,34)/b30-17-,31-18-. The van der Waals surface area contributed by atoms with E-state index in [0.717, 1.165) is 5.56 Å². The molecule has 11 heteroatoms. The van der Waals surface area contributed by atoms with Gasteiger partial charge in [-0.05, 0) is 62.4 Å². The quantitative estimate of drug-likeness (QED) is 0.245. The van der Waals surface area contributed by atoms with Crippen molar-refractivity contribution in [3.05, 3.63) is 65.2 Å². The molecule has 0 saturated heterocycles. The molecule has 2 N–H and O–H groups in total. The van der Waals surface area contributed by atoms with Gasteiger partial charge in [0.15, 0.2) is 23.0 Å². The maximum Gasteiger partial charge on any atom is 0.271 e. The first-order valence-electron chi connectivity index (χ1n) is 12.2. The van der Waals surface area contributed by atoms with E-state index in [1.807, 2.05) is 19.1 Å². The Morgan fingerprint density at radius 1 is 0.575 bits per heavy atom. The summed E-state index contributed by atoms with van der Waals surface area (Å²) in [4.78, 5) is 12.7. The van der Waals surface area contributed by atoms with Gasteiger partial charge in [0.25, 0.3) is 5.91 Å². The summed E-state index contributed by atoms with van der Waals surface area (Å²) in [5.74, 6) is 2.66. The van der Waals surface area contributed by atoms with Crippen molar-refractivity contribution in [2.75, 3.05) is 48.1 Å². The lowest BCUT2D eigenvalue weighted by atomic mass is 10.1. The summed E-state index contributed by atoms with van der Waals surface area (Å²) in [6.45, 7) is 3.62. The van der Waals surface area contributed by atoms with E-state index in [-0.39, 0.29) is 5.91 Å². The molecule has 0 atom stereocenters. The number of carbonyl (C=O) groups is 1. The van der Waals surface area contributed by atoms with Gasteiger partial charge in [-0.3, -0.25) is 10.2 Å². The lowest BCUT2D eigenvalue weighted by Crippen LogP contribution is -2.19. The molecule has 0 unspecified atom stereocenters. The Bertz CT molecular complexity index is 1350. The van der Waals surface area contributed by atoms with E-state index < -0.39 is 0 Å². The molecule has 0 heterocycles. The smallest absolute Gasteiger partial charge is 0.271 e. The summed E-state index contributed by atoms with van der Waals surface area (Å²) < 4.78 is 32.3. The number of carbonyl (C=O) groups excluding carboxylic acids is 1. The van der Waals surface area contributed by atoms with Crippen LogP contribution in [0.3, 0.4) is 0 Å². The van der Waals surface area contributed by atoms with Gasteiger partial charge in [0.1, 0.15) is 0 Å². The lowest BCUT2D eigenvalue weighted by Gasteiger charge is -2.14. The molecule has 3 aromatic carbocycles. The van der Waals surface area contributed by atoms with Crippen LogP contribution in [0.15, 0.2) is 58.7 Å².